The highest BCUT2D eigenvalue weighted by Crippen LogP contribution is 2.25. The summed E-state index contributed by atoms with van der Waals surface area (Å²) in [7, 11) is 0. The highest BCUT2D eigenvalue weighted by Gasteiger charge is 2.29. The Kier molecular flexibility index (Phi) is 5.34. The van der Waals surface area contributed by atoms with E-state index in [1.165, 1.54) is 12.0 Å². The van der Waals surface area contributed by atoms with Crippen LogP contribution in [0.25, 0.3) is 0 Å². The second-order valence-corrected chi connectivity index (χ2v) is 7.44. The lowest BCUT2D eigenvalue weighted by atomic mass is 9.91. The third-order valence-electron chi connectivity index (χ3n) is 5.60. The van der Waals surface area contributed by atoms with Crippen LogP contribution in [0.5, 0.6) is 0 Å². The van der Waals surface area contributed by atoms with E-state index < -0.39 is 0 Å². The van der Waals surface area contributed by atoms with Gasteiger partial charge in [-0.1, -0.05) is 43.2 Å². The Hall–Kier alpha value is -2.14. The zero-order valence-electron chi connectivity index (χ0n) is 15.2. The summed E-state index contributed by atoms with van der Waals surface area (Å²) in [4.78, 5) is 12.8. The van der Waals surface area contributed by atoms with Crippen molar-refractivity contribution in [3.8, 4) is 0 Å². The summed E-state index contributed by atoms with van der Waals surface area (Å²) >= 11 is 0. The Balaban J connectivity index is 1.40. The number of carbonyl (C=O) groups is 1. The molecule has 0 aliphatic heterocycles. The third kappa shape index (κ3) is 3.83. The van der Waals surface area contributed by atoms with E-state index in [-0.39, 0.29) is 18.1 Å². The van der Waals surface area contributed by atoms with Crippen LogP contribution in [-0.2, 0) is 24.2 Å². The summed E-state index contributed by atoms with van der Waals surface area (Å²) in [6.07, 6.45) is 8.59. The van der Waals surface area contributed by atoms with Crippen molar-refractivity contribution in [2.75, 3.05) is 0 Å². The van der Waals surface area contributed by atoms with Crippen molar-refractivity contribution in [1.82, 2.24) is 15.5 Å². The van der Waals surface area contributed by atoms with Gasteiger partial charge in [0.15, 0.2) is 5.69 Å². The summed E-state index contributed by atoms with van der Waals surface area (Å²) in [5, 5.41) is 10.6. The quantitative estimate of drug-likeness (QED) is 0.864. The minimum absolute atomic E-state index is 0.0513. The summed E-state index contributed by atoms with van der Waals surface area (Å²) in [6, 6.07) is 10.3. The molecule has 4 rings (SSSR count). The van der Waals surface area contributed by atoms with Gasteiger partial charge in [0.1, 0.15) is 0 Å². The first kappa shape index (κ1) is 17.3. The van der Waals surface area contributed by atoms with Crippen molar-refractivity contribution in [3.63, 3.8) is 0 Å². The fourth-order valence-corrected chi connectivity index (χ4v) is 4.14. The Bertz CT molecular complexity index is 741. The van der Waals surface area contributed by atoms with Gasteiger partial charge in [-0.15, -0.1) is 0 Å². The number of benzene rings is 1. The van der Waals surface area contributed by atoms with Crippen molar-refractivity contribution >= 4 is 5.91 Å². The van der Waals surface area contributed by atoms with Crippen LogP contribution in [-0.4, -0.2) is 28.3 Å². The first-order chi connectivity index (χ1) is 12.8. The van der Waals surface area contributed by atoms with Gasteiger partial charge in [0.25, 0.3) is 5.91 Å². The normalized spacial score (nSPS) is 22.6. The topological polar surface area (TPSA) is 67.0 Å². The van der Waals surface area contributed by atoms with Gasteiger partial charge in [0.2, 0.25) is 0 Å². The molecule has 5 heteroatoms. The maximum absolute atomic E-state index is 12.8. The van der Waals surface area contributed by atoms with Crippen LogP contribution in [0.2, 0.25) is 0 Å². The molecule has 0 unspecified atom stereocenters. The number of nitrogens with zero attached hydrogens (tertiary/aromatic N) is 1. The van der Waals surface area contributed by atoms with Crippen LogP contribution in [0.1, 0.15) is 65.8 Å². The summed E-state index contributed by atoms with van der Waals surface area (Å²) in [5.74, 6) is -0.0513. The second kappa shape index (κ2) is 8.04. The lowest BCUT2D eigenvalue weighted by Crippen LogP contribution is -2.46. The number of ether oxygens (including phenoxy) is 1. The standard InChI is InChI=1S/C21H27N3O2/c25-21(20-16-10-4-5-11-17(16)23-24-20)22-18-12-6-7-13-19(18)26-14-15-8-2-1-3-9-15/h1-3,8-9,18-19H,4-7,10-14H2,(H,22,25)(H,23,24)/t18-,19-/m0/s1. The number of H-pyrrole nitrogens is 1. The molecule has 0 bridgehead atoms. The molecule has 138 valence electrons. The van der Waals surface area contributed by atoms with Crippen LogP contribution < -0.4 is 5.32 Å². The lowest BCUT2D eigenvalue weighted by Gasteiger charge is -2.32. The summed E-state index contributed by atoms with van der Waals surface area (Å²) in [5.41, 5.74) is 4.02. The smallest absolute Gasteiger partial charge is 0.272 e. The maximum atomic E-state index is 12.8. The summed E-state index contributed by atoms with van der Waals surface area (Å²) < 4.78 is 6.17. The molecule has 1 aromatic heterocycles. The monoisotopic (exact) mass is 353 g/mol. The van der Waals surface area contributed by atoms with Crippen LogP contribution in [0.15, 0.2) is 30.3 Å². The fourth-order valence-electron chi connectivity index (χ4n) is 4.14. The Morgan fingerprint density at radius 3 is 2.81 bits per heavy atom. The molecular formula is C21H27N3O2. The van der Waals surface area contributed by atoms with Gasteiger partial charge in [-0.25, -0.2) is 0 Å². The molecule has 1 amide bonds. The lowest BCUT2D eigenvalue weighted by molar-refractivity contribution is -0.00467. The molecule has 0 spiro atoms. The molecule has 1 aromatic carbocycles. The van der Waals surface area contributed by atoms with Crippen LogP contribution in [0.4, 0.5) is 0 Å². The molecule has 0 radical (unpaired) electrons. The molecule has 1 fully saturated rings. The molecule has 2 aliphatic rings. The number of aromatic nitrogens is 2. The molecule has 2 aliphatic carbocycles. The number of hydrogen-bond donors (Lipinski definition) is 2. The second-order valence-electron chi connectivity index (χ2n) is 7.44. The molecule has 0 saturated heterocycles. The first-order valence-electron chi connectivity index (χ1n) is 9.84. The predicted octanol–water partition coefficient (Wildman–Crippen LogP) is 3.55. The summed E-state index contributed by atoms with van der Waals surface area (Å²) in [6.45, 7) is 0.593. The highest BCUT2D eigenvalue weighted by atomic mass is 16.5. The zero-order chi connectivity index (χ0) is 17.8. The molecule has 2 aromatic rings. The maximum Gasteiger partial charge on any atom is 0.272 e. The van der Waals surface area contributed by atoms with Gasteiger partial charge in [0, 0.05) is 11.3 Å². The van der Waals surface area contributed by atoms with Gasteiger partial charge in [0.05, 0.1) is 18.8 Å². The SMILES string of the molecule is O=C(N[C@H]1CCCC[C@@H]1OCc1ccccc1)c1n[nH]c2c1CCCC2. The van der Waals surface area contributed by atoms with Gasteiger partial charge in [-0.3, -0.25) is 9.89 Å². The van der Waals surface area contributed by atoms with Crippen LogP contribution in [0, 0.1) is 0 Å². The highest BCUT2D eigenvalue weighted by molar-refractivity contribution is 5.94. The van der Waals surface area contributed by atoms with Crippen molar-refractivity contribution in [2.45, 2.75) is 70.1 Å². The zero-order valence-corrected chi connectivity index (χ0v) is 15.2. The molecule has 1 heterocycles. The van der Waals surface area contributed by atoms with Gasteiger partial charge < -0.3 is 10.1 Å². The van der Waals surface area contributed by atoms with Crippen molar-refractivity contribution in [3.05, 3.63) is 52.8 Å². The Morgan fingerprint density at radius 1 is 1.12 bits per heavy atom. The van der Waals surface area contributed by atoms with E-state index in [0.717, 1.165) is 56.2 Å². The number of aryl methyl sites for hydroxylation is 1. The fraction of sp³-hybridized carbons (Fsp3) is 0.524. The van der Waals surface area contributed by atoms with E-state index in [1.54, 1.807) is 0 Å². The third-order valence-corrected chi connectivity index (χ3v) is 5.60. The van der Waals surface area contributed by atoms with E-state index in [4.69, 9.17) is 4.74 Å². The van der Waals surface area contributed by atoms with Crippen LogP contribution in [0.3, 0.4) is 0 Å². The van der Waals surface area contributed by atoms with Crippen molar-refractivity contribution in [2.24, 2.45) is 0 Å². The predicted molar refractivity (Wildman–Crippen MR) is 100.0 cm³/mol. The van der Waals surface area contributed by atoms with E-state index in [2.05, 4.69) is 27.6 Å². The van der Waals surface area contributed by atoms with Gasteiger partial charge >= 0.3 is 0 Å². The minimum atomic E-state index is -0.0513. The molecule has 1 saturated carbocycles. The van der Waals surface area contributed by atoms with Gasteiger partial charge in [-0.05, 0) is 44.1 Å². The number of fused-ring (bicyclic) bond motifs is 1. The van der Waals surface area contributed by atoms with Crippen molar-refractivity contribution in [1.29, 1.82) is 0 Å². The van der Waals surface area contributed by atoms with Gasteiger partial charge in [-0.2, -0.15) is 5.10 Å². The number of amides is 1. The molecular weight excluding hydrogens is 326 g/mol. The largest absolute Gasteiger partial charge is 0.371 e. The number of carbonyl (C=O) groups excluding carboxylic acids is 1. The number of rotatable bonds is 5. The molecule has 2 N–H and O–H groups in total. The average molecular weight is 353 g/mol. The molecule has 2 atom stereocenters. The van der Waals surface area contributed by atoms with E-state index in [0.29, 0.717) is 12.3 Å². The number of hydrogen-bond acceptors (Lipinski definition) is 3. The molecule has 5 nitrogen and oxygen atoms in total. The van der Waals surface area contributed by atoms with Crippen molar-refractivity contribution < 1.29 is 9.53 Å². The minimum Gasteiger partial charge on any atom is -0.371 e. The van der Waals surface area contributed by atoms with E-state index >= 15 is 0 Å². The van der Waals surface area contributed by atoms with Crippen LogP contribution >= 0.6 is 0 Å². The number of aromatic amines is 1. The Morgan fingerprint density at radius 2 is 1.92 bits per heavy atom. The first-order valence-corrected chi connectivity index (χ1v) is 9.84. The average Bonchev–Trinajstić information content (AvgIpc) is 3.12. The van der Waals surface area contributed by atoms with E-state index in [1.807, 2.05) is 18.2 Å². The van der Waals surface area contributed by atoms with E-state index in [9.17, 15) is 4.79 Å². The Labute approximate surface area is 154 Å². The molecule has 26 heavy (non-hydrogen) atoms. The number of nitrogens with one attached hydrogen (secondary N) is 2.